The molecule has 1 aliphatic heterocycles. The van der Waals surface area contributed by atoms with E-state index >= 15 is 0 Å². The molecule has 1 aromatic rings. The molecule has 0 radical (unpaired) electrons. The number of benzene rings is 1. The Hall–Kier alpha value is -1.75. The zero-order valence-electron chi connectivity index (χ0n) is 11.6. The van der Waals surface area contributed by atoms with Crippen molar-refractivity contribution in [2.75, 3.05) is 20.3 Å². The SMILES string of the molecule is COc1cccc(CCC(=O)O)c1OC1CCCOC1. The van der Waals surface area contributed by atoms with E-state index in [1.165, 1.54) is 0 Å². The molecule has 0 spiro atoms. The molecule has 1 fully saturated rings. The molecule has 1 aromatic carbocycles. The Morgan fingerprint density at radius 2 is 2.35 bits per heavy atom. The maximum absolute atomic E-state index is 10.7. The summed E-state index contributed by atoms with van der Waals surface area (Å²) in [5, 5.41) is 8.82. The Kier molecular flexibility index (Phi) is 5.24. The summed E-state index contributed by atoms with van der Waals surface area (Å²) in [5.41, 5.74) is 0.859. The number of carbonyl (C=O) groups is 1. The fourth-order valence-corrected chi connectivity index (χ4v) is 2.27. The van der Waals surface area contributed by atoms with Gasteiger partial charge in [-0.05, 0) is 30.9 Å². The van der Waals surface area contributed by atoms with Crippen LogP contribution in [0, 0.1) is 0 Å². The minimum absolute atomic E-state index is 0.00336. The van der Waals surface area contributed by atoms with Crippen LogP contribution in [0.5, 0.6) is 11.5 Å². The van der Waals surface area contributed by atoms with Gasteiger partial charge in [-0.2, -0.15) is 0 Å². The van der Waals surface area contributed by atoms with Crippen molar-refractivity contribution in [2.45, 2.75) is 31.8 Å². The van der Waals surface area contributed by atoms with Crippen molar-refractivity contribution in [1.29, 1.82) is 0 Å². The average molecular weight is 280 g/mol. The normalized spacial score (nSPS) is 18.6. The molecule has 5 nitrogen and oxygen atoms in total. The fourth-order valence-electron chi connectivity index (χ4n) is 2.27. The molecule has 1 unspecified atom stereocenters. The van der Waals surface area contributed by atoms with Crippen LogP contribution in [0.2, 0.25) is 0 Å². The van der Waals surface area contributed by atoms with Gasteiger partial charge in [0.1, 0.15) is 6.10 Å². The number of rotatable bonds is 6. The van der Waals surface area contributed by atoms with E-state index in [2.05, 4.69) is 0 Å². The van der Waals surface area contributed by atoms with E-state index in [4.69, 9.17) is 19.3 Å². The van der Waals surface area contributed by atoms with Crippen LogP contribution in [-0.4, -0.2) is 37.5 Å². The summed E-state index contributed by atoms with van der Waals surface area (Å²) in [6.07, 6.45) is 2.42. The van der Waals surface area contributed by atoms with Gasteiger partial charge in [-0.1, -0.05) is 12.1 Å². The highest BCUT2D eigenvalue weighted by Crippen LogP contribution is 2.33. The number of aryl methyl sites for hydroxylation is 1. The zero-order chi connectivity index (χ0) is 14.4. The molecule has 1 aliphatic rings. The maximum atomic E-state index is 10.7. The van der Waals surface area contributed by atoms with Crippen molar-refractivity contribution in [3.8, 4) is 11.5 Å². The topological polar surface area (TPSA) is 65.0 Å². The Balaban J connectivity index is 2.15. The molecule has 1 saturated heterocycles. The summed E-state index contributed by atoms with van der Waals surface area (Å²) in [7, 11) is 1.58. The second kappa shape index (κ2) is 7.14. The largest absolute Gasteiger partial charge is 0.493 e. The highest BCUT2D eigenvalue weighted by molar-refractivity contribution is 5.67. The zero-order valence-corrected chi connectivity index (χ0v) is 11.6. The third-order valence-corrected chi connectivity index (χ3v) is 3.29. The first-order valence-electron chi connectivity index (χ1n) is 6.82. The molecule has 1 N–H and O–H groups in total. The molecule has 1 heterocycles. The average Bonchev–Trinajstić information content (AvgIpc) is 2.47. The van der Waals surface area contributed by atoms with Gasteiger partial charge in [0.2, 0.25) is 0 Å². The predicted molar refractivity (Wildman–Crippen MR) is 73.4 cm³/mol. The van der Waals surface area contributed by atoms with Crippen molar-refractivity contribution in [1.82, 2.24) is 0 Å². The van der Waals surface area contributed by atoms with Gasteiger partial charge >= 0.3 is 5.97 Å². The number of aliphatic carboxylic acids is 1. The lowest BCUT2D eigenvalue weighted by atomic mass is 10.1. The Labute approximate surface area is 118 Å². The second-order valence-electron chi connectivity index (χ2n) is 4.80. The van der Waals surface area contributed by atoms with Crippen LogP contribution in [0.3, 0.4) is 0 Å². The number of carboxylic acid groups (broad SMARTS) is 1. The van der Waals surface area contributed by atoms with Crippen molar-refractivity contribution < 1.29 is 24.1 Å². The molecule has 1 atom stereocenters. The minimum Gasteiger partial charge on any atom is -0.493 e. The van der Waals surface area contributed by atoms with Crippen LogP contribution >= 0.6 is 0 Å². The van der Waals surface area contributed by atoms with Crippen LogP contribution < -0.4 is 9.47 Å². The number of methoxy groups -OCH3 is 1. The second-order valence-corrected chi connectivity index (χ2v) is 4.80. The summed E-state index contributed by atoms with van der Waals surface area (Å²) >= 11 is 0. The summed E-state index contributed by atoms with van der Waals surface area (Å²) in [6.45, 7) is 1.34. The van der Waals surface area contributed by atoms with E-state index in [1.807, 2.05) is 18.2 Å². The predicted octanol–water partition coefficient (Wildman–Crippen LogP) is 2.27. The van der Waals surface area contributed by atoms with Gasteiger partial charge in [-0.25, -0.2) is 0 Å². The molecule has 20 heavy (non-hydrogen) atoms. The van der Waals surface area contributed by atoms with E-state index in [0.717, 1.165) is 25.0 Å². The molecule has 0 aliphatic carbocycles. The highest BCUT2D eigenvalue weighted by atomic mass is 16.5. The summed E-state index contributed by atoms with van der Waals surface area (Å²) in [5.74, 6) is 0.463. The number of hydrogen-bond donors (Lipinski definition) is 1. The van der Waals surface area contributed by atoms with Crippen molar-refractivity contribution in [3.05, 3.63) is 23.8 Å². The molecule has 110 valence electrons. The van der Waals surface area contributed by atoms with Crippen molar-refractivity contribution in [2.24, 2.45) is 0 Å². The first kappa shape index (κ1) is 14.7. The molecule has 0 saturated carbocycles. The molecular formula is C15H20O5. The Morgan fingerprint density at radius 1 is 1.50 bits per heavy atom. The molecule has 5 heteroatoms. The molecule has 0 aromatic heterocycles. The van der Waals surface area contributed by atoms with Crippen LogP contribution in [0.4, 0.5) is 0 Å². The van der Waals surface area contributed by atoms with Gasteiger partial charge in [0.15, 0.2) is 11.5 Å². The van der Waals surface area contributed by atoms with Crippen LogP contribution in [-0.2, 0) is 16.0 Å². The van der Waals surface area contributed by atoms with Crippen molar-refractivity contribution in [3.63, 3.8) is 0 Å². The van der Waals surface area contributed by atoms with Gasteiger partial charge < -0.3 is 19.3 Å². The third kappa shape index (κ3) is 3.87. The van der Waals surface area contributed by atoms with Gasteiger partial charge in [0.05, 0.1) is 13.7 Å². The lowest BCUT2D eigenvalue weighted by Crippen LogP contribution is -2.28. The van der Waals surface area contributed by atoms with Crippen molar-refractivity contribution >= 4 is 5.97 Å². The smallest absolute Gasteiger partial charge is 0.303 e. The molecule has 2 rings (SSSR count). The van der Waals surface area contributed by atoms with Gasteiger partial charge in [-0.3, -0.25) is 4.79 Å². The van der Waals surface area contributed by atoms with Crippen LogP contribution in [0.25, 0.3) is 0 Å². The quantitative estimate of drug-likeness (QED) is 0.866. The molecule has 0 bridgehead atoms. The van der Waals surface area contributed by atoms with E-state index in [1.54, 1.807) is 7.11 Å². The maximum Gasteiger partial charge on any atom is 0.303 e. The van der Waals surface area contributed by atoms with E-state index in [-0.39, 0.29) is 12.5 Å². The first-order valence-corrected chi connectivity index (χ1v) is 6.82. The summed E-state index contributed by atoms with van der Waals surface area (Å²) in [4.78, 5) is 10.7. The van der Waals surface area contributed by atoms with Crippen LogP contribution in [0.15, 0.2) is 18.2 Å². The lowest BCUT2D eigenvalue weighted by Gasteiger charge is -2.25. The standard InChI is InChI=1S/C15H20O5/c1-18-13-6-2-4-11(7-8-14(16)17)15(13)20-12-5-3-9-19-10-12/h2,4,6,12H,3,5,7-10H2,1H3,(H,16,17). The number of para-hydroxylation sites is 1. The minimum atomic E-state index is -0.820. The lowest BCUT2D eigenvalue weighted by molar-refractivity contribution is -0.136. The van der Waals surface area contributed by atoms with Crippen LogP contribution in [0.1, 0.15) is 24.8 Å². The molecule has 0 amide bonds. The number of carboxylic acids is 1. The Morgan fingerprint density at radius 3 is 3.00 bits per heavy atom. The third-order valence-electron chi connectivity index (χ3n) is 3.29. The van der Waals surface area contributed by atoms with Gasteiger partial charge in [0.25, 0.3) is 0 Å². The van der Waals surface area contributed by atoms with Gasteiger partial charge in [-0.15, -0.1) is 0 Å². The number of ether oxygens (including phenoxy) is 3. The first-order chi connectivity index (χ1) is 9.70. The number of hydrogen-bond acceptors (Lipinski definition) is 4. The monoisotopic (exact) mass is 280 g/mol. The summed E-state index contributed by atoms with van der Waals surface area (Å²) in [6, 6.07) is 5.55. The van der Waals surface area contributed by atoms with E-state index < -0.39 is 5.97 Å². The van der Waals surface area contributed by atoms with E-state index in [9.17, 15) is 4.79 Å². The fraction of sp³-hybridized carbons (Fsp3) is 0.533. The van der Waals surface area contributed by atoms with Gasteiger partial charge in [0, 0.05) is 13.0 Å². The highest BCUT2D eigenvalue weighted by Gasteiger charge is 2.20. The Bertz CT molecular complexity index is 452. The van der Waals surface area contributed by atoms with E-state index in [0.29, 0.717) is 24.5 Å². The molecular weight excluding hydrogens is 260 g/mol. The summed E-state index contributed by atoms with van der Waals surface area (Å²) < 4.78 is 16.7.